The van der Waals surface area contributed by atoms with Crippen LogP contribution in [0.1, 0.15) is 52.4 Å². The van der Waals surface area contributed by atoms with Crippen LogP contribution in [0.4, 0.5) is 4.79 Å². The number of likely N-dealkylation sites (N-methyl/N-ethyl adjacent to an activating group) is 1. The van der Waals surface area contributed by atoms with Crippen molar-refractivity contribution in [2.45, 2.75) is 57.9 Å². The molecule has 1 N–H and O–H groups in total. The highest BCUT2D eigenvalue weighted by Crippen LogP contribution is 2.55. The van der Waals surface area contributed by atoms with E-state index >= 15 is 0 Å². The molecule has 0 aromatic carbocycles. The van der Waals surface area contributed by atoms with Crippen LogP contribution in [0.5, 0.6) is 0 Å². The van der Waals surface area contributed by atoms with Crippen molar-refractivity contribution < 1.29 is 4.79 Å². The summed E-state index contributed by atoms with van der Waals surface area (Å²) in [5.74, 6) is 0.782. The van der Waals surface area contributed by atoms with E-state index in [1.807, 2.05) is 4.90 Å². The normalized spacial score (nSPS) is 37.0. The van der Waals surface area contributed by atoms with Crippen molar-refractivity contribution >= 4 is 6.03 Å². The molecule has 4 heteroatoms. The smallest absolute Gasteiger partial charge is 0.317 e. The van der Waals surface area contributed by atoms with Crippen LogP contribution in [0.3, 0.4) is 0 Å². The van der Waals surface area contributed by atoms with Crippen LogP contribution in [0.2, 0.25) is 0 Å². The van der Waals surface area contributed by atoms with Crippen molar-refractivity contribution in [2.75, 3.05) is 33.2 Å². The van der Waals surface area contributed by atoms with Crippen molar-refractivity contribution in [1.82, 2.24) is 15.1 Å². The molecule has 1 heterocycles. The van der Waals surface area contributed by atoms with E-state index in [1.165, 1.54) is 38.5 Å². The molecule has 4 nitrogen and oxygen atoms in total. The van der Waals surface area contributed by atoms with Crippen LogP contribution < -0.4 is 5.32 Å². The second kappa shape index (κ2) is 5.45. The lowest BCUT2D eigenvalue weighted by atomic mass is 9.53. The Labute approximate surface area is 129 Å². The number of urea groups is 1. The van der Waals surface area contributed by atoms with Gasteiger partial charge < -0.3 is 15.1 Å². The Morgan fingerprint density at radius 3 is 1.95 bits per heavy atom. The molecule has 120 valence electrons. The lowest BCUT2D eigenvalue weighted by Crippen LogP contribution is -2.61. The topological polar surface area (TPSA) is 35.6 Å². The lowest BCUT2D eigenvalue weighted by molar-refractivity contribution is -0.00788. The van der Waals surface area contributed by atoms with Gasteiger partial charge in [0.2, 0.25) is 0 Å². The number of amides is 2. The predicted octanol–water partition coefficient (Wildman–Crippen LogP) is 2.69. The minimum Gasteiger partial charge on any atom is -0.333 e. The van der Waals surface area contributed by atoms with Crippen LogP contribution in [0.25, 0.3) is 0 Å². The molecule has 3 saturated carbocycles. The Morgan fingerprint density at radius 1 is 0.952 bits per heavy atom. The molecular weight excluding hydrogens is 262 g/mol. The summed E-state index contributed by atoms with van der Waals surface area (Å²) in [4.78, 5) is 16.9. The third-order valence-electron chi connectivity index (χ3n) is 6.69. The largest absolute Gasteiger partial charge is 0.333 e. The highest BCUT2D eigenvalue weighted by atomic mass is 16.2. The van der Waals surface area contributed by atoms with Crippen LogP contribution in [-0.2, 0) is 0 Å². The second-order valence-electron chi connectivity index (χ2n) is 8.02. The zero-order chi connectivity index (χ0) is 15.1. The molecule has 0 aromatic heterocycles. The first-order chi connectivity index (χ1) is 9.95. The van der Waals surface area contributed by atoms with Crippen LogP contribution in [-0.4, -0.2) is 54.6 Å². The van der Waals surface area contributed by atoms with Gasteiger partial charge in [0, 0.05) is 31.7 Å². The minimum atomic E-state index is 0.108. The number of rotatable bonds is 2. The van der Waals surface area contributed by atoms with E-state index in [0.29, 0.717) is 5.41 Å². The number of hydrogen-bond donors (Lipinski definition) is 1. The monoisotopic (exact) mass is 293 g/mol. The highest BCUT2D eigenvalue weighted by molar-refractivity contribution is 5.75. The van der Waals surface area contributed by atoms with Gasteiger partial charge in [-0.05, 0) is 56.9 Å². The molecule has 21 heavy (non-hydrogen) atoms. The van der Waals surface area contributed by atoms with Crippen molar-refractivity contribution in [1.29, 1.82) is 0 Å². The van der Waals surface area contributed by atoms with E-state index in [9.17, 15) is 4.79 Å². The minimum absolute atomic E-state index is 0.108. The van der Waals surface area contributed by atoms with Crippen molar-refractivity contribution in [3.05, 3.63) is 0 Å². The molecule has 0 spiro atoms. The number of hydrogen-bond acceptors (Lipinski definition) is 2. The Bertz CT molecular complexity index is 374. The van der Waals surface area contributed by atoms with Crippen molar-refractivity contribution in [3.8, 4) is 0 Å². The molecular formula is C17H31N3O. The van der Waals surface area contributed by atoms with Gasteiger partial charge in [-0.3, -0.25) is 0 Å². The number of fused-ring (bicyclic) bond motifs is 3. The first-order valence-electron chi connectivity index (χ1n) is 8.70. The SMILES string of the molecule is CC(C)C12CCC(NC(=O)N3CCN(C)CC3)(CC1)CC2. The zero-order valence-electron chi connectivity index (χ0n) is 14.0. The molecule has 0 unspecified atom stereocenters. The van der Waals surface area contributed by atoms with E-state index in [0.717, 1.165) is 32.1 Å². The summed E-state index contributed by atoms with van der Waals surface area (Å²) >= 11 is 0. The Morgan fingerprint density at radius 2 is 1.48 bits per heavy atom. The standard InChI is InChI=1S/C17H31N3O/c1-14(2)16-4-7-17(8-5-16,9-6-16)18-15(21)20-12-10-19(3)11-13-20/h14H,4-13H2,1-3H3,(H,18,21). The number of carbonyl (C=O) groups excluding carboxylic acids is 1. The fraction of sp³-hybridized carbons (Fsp3) is 0.941. The molecule has 4 aliphatic rings. The van der Waals surface area contributed by atoms with Gasteiger partial charge in [-0.2, -0.15) is 0 Å². The highest BCUT2D eigenvalue weighted by Gasteiger charge is 2.50. The first kappa shape index (κ1) is 15.1. The summed E-state index contributed by atoms with van der Waals surface area (Å²) in [5.41, 5.74) is 0.678. The van der Waals surface area contributed by atoms with E-state index in [4.69, 9.17) is 0 Å². The molecule has 2 bridgehead atoms. The number of carbonyl (C=O) groups is 1. The van der Waals surface area contributed by atoms with Gasteiger partial charge in [-0.15, -0.1) is 0 Å². The van der Waals surface area contributed by atoms with E-state index in [2.05, 4.69) is 31.1 Å². The summed E-state index contributed by atoms with van der Waals surface area (Å²) < 4.78 is 0. The lowest BCUT2D eigenvalue weighted by Gasteiger charge is -2.56. The van der Waals surface area contributed by atoms with Gasteiger partial charge in [0.25, 0.3) is 0 Å². The summed E-state index contributed by atoms with van der Waals surface area (Å²) in [7, 11) is 2.13. The third-order valence-corrected chi connectivity index (χ3v) is 6.69. The molecule has 1 saturated heterocycles. The Hall–Kier alpha value is -0.770. The van der Waals surface area contributed by atoms with E-state index in [1.54, 1.807) is 0 Å². The van der Waals surface area contributed by atoms with Gasteiger partial charge >= 0.3 is 6.03 Å². The third kappa shape index (κ3) is 2.79. The molecule has 4 fully saturated rings. The number of piperazine rings is 1. The van der Waals surface area contributed by atoms with Crippen molar-refractivity contribution in [3.63, 3.8) is 0 Å². The summed E-state index contributed by atoms with van der Waals surface area (Å²) in [6, 6.07) is 0.182. The summed E-state index contributed by atoms with van der Waals surface area (Å²) in [6.45, 7) is 8.48. The molecule has 2 amide bonds. The average molecular weight is 293 g/mol. The van der Waals surface area contributed by atoms with Crippen molar-refractivity contribution in [2.24, 2.45) is 11.3 Å². The van der Waals surface area contributed by atoms with Crippen LogP contribution in [0, 0.1) is 11.3 Å². The van der Waals surface area contributed by atoms with Crippen LogP contribution >= 0.6 is 0 Å². The van der Waals surface area contributed by atoms with Gasteiger partial charge in [0.15, 0.2) is 0 Å². The molecule has 0 atom stereocenters. The maximum atomic E-state index is 12.6. The van der Waals surface area contributed by atoms with Gasteiger partial charge in [0.05, 0.1) is 0 Å². The van der Waals surface area contributed by atoms with Crippen LogP contribution in [0.15, 0.2) is 0 Å². The molecule has 0 aromatic rings. The number of nitrogens with one attached hydrogen (secondary N) is 1. The fourth-order valence-electron chi connectivity index (χ4n) is 4.58. The number of nitrogens with zero attached hydrogens (tertiary/aromatic N) is 2. The average Bonchev–Trinajstić information content (AvgIpc) is 2.49. The maximum absolute atomic E-state index is 12.6. The second-order valence-corrected chi connectivity index (χ2v) is 8.02. The molecule has 4 rings (SSSR count). The predicted molar refractivity (Wildman–Crippen MR) is 85.3 cm³/mol. The maximum Gasteiger partial charge on any atom is 0.317 e. The van der Waals surface area contributed by atoms with E-state index < -0.39 is 0 Å². The van der Waals surface area contributed by atoms with Gasteiger partial charge in [0.1, 0.15) is 0 Å². The molecule has 0 radical (unpaired) electrons. The Balaban J connectivity index is 1.58. The zero-order valence-corrected chi connectivity index (χ0v) is 14.0. The van der Waals surface area contributed by atoms with Gasteiger partial charge in [-0.25, -0.2) is 4.79 Å². The van der Waals surface area contributed by atoms with Gasteiger partial charge in [-0.1, -0.05) is 13.8 Å². The summed E-state index contributed by atoms with van der Waals surface area (Å²) in [5, 5.41) is 3.43. The van der Waals surface area contributed by atoms with E-state index in [-0.39, 0.29) is 11.6 Å². The first-order valence-corrected chi connectivity index (χ1v) is 8.70. The quantitative estimate of drug-likeness (QED) is 0.849. The fourth-order valence-corrected chi connectivity index (χ4v) is 4.58. The summed E-state index contributed by atoms with van der Waals surface area (Å²) in [6.07, 6.45) is 7.45. The Kier molecular flexibility index (Phi) is 3.93. The molecule has 3 aliphatic carbocycles. The molecule has 1 aliphatic heterocycles.